The van der Waals surface area contributed by atoms with E-state index in [-0.39, 0.29) is 10.6 Å². The minimum Gasteiger partial charge on any atom is -0.296 e. The Kier molecular flexibility index (Phi) is 5.42. The van der Waals surface area contributed by atoms with Gasteiger partial charge in [-0.15, -0.1) is 11.3 Å². The molecule has 0 saturated carbocycles. The minimum absolute atomic E-state index is 0.0379. The summed E-state index contributed by atoms with van der Waals surface area (Å²) in [6.07, 6.45) is 0. The molecule has 1 aromatic heterocycles. The Labute approximate surface area is 157 Å². The molecule has 140 valence electrons. The lowest BCUT2D eigenvalue weighted by Gasteiger charge is -2.34. The van der Waals surface area contributed by atoms with Crippen molar-refractivity contribution in [3.8, 4) is 0 Å². The van der Waals surface area contributed by atoms with E-state index in [2.05, 4.69) is 11.0 Å². The number of hydrogen-bond donors (Lipinski definition) is 0. The van der Waals surface area contributed by atoms with Gasteiger partial charge < -0.3 is 0 Å². The highest BCUT2D eigenvalue weighted by molar-refractivity contribution is 7.89. The average Bonchev–Trinajstić information content (AvgIpc) is 3.10. The molecule has 9 heteroatoms. The number of sulfonamides is 1. The summed E-state index contributed by atoms with van der Waals surface area (Å²) in [6.45, 7) is 6.26. The number of hydrogen-bond acceptors (Lipinski definition) is 6. The molecule has 7 nitrogen and oxygen atoms in total. The Morgan fingerprint density at radius 1 is 1.19 bits per heavy atom. The van der Waals surface area contributed by atoms with Crippen LogP contribution in [0.1, 0.15) is 16.0 Å². The lowest BCUT2D eigenvalue weighted by Crippen LogP contribution is -2.48. The van der Waals surface area contributed by atoms with Gasteiger partial charge in [-0.25, -0.2) is 8.42 Å². The summed E-state index contributed by atoms with van der Waals surface area (Å²) >= 11 is 1.69. The van der Waals surface area contributed by atoms with Gasteiger partial charge in [0.05, 0.1) is 9.82 Å². The van der Waals surface area contributed by atoms with Gasteiger partial charge in [0.2, 0.25) is 10.0 Å². The van der Waals surface area contributed by atoms with Crippen molar-refractivity contribution in [2.45, 2.75) is 25.3 Å². The molecule has 1 aliphatic heterocycles. The number of non-ortho nitro benzene ring substituents is 1. The smallest absolute Gasteiger partial charge is 0.271 e. The average molecular weight is 396 g/mol. The zero-order valence-electron chi connectivity index (χ0n) is 14.7. The Morgan fingerprint density at radius 2 is 1.88 bits per heavy atom. The van der Waals surface area contributed by atoms with Crippen LogP contribution in [0.15, 0.2) is 34.5 Å². The molecule has 1 saturated heterocycles. The number of nitrogens with zero attached hydrogens (tertiary/aromatic N) is 3. The Morgan fingerprint density at radius 3 is 2.46 bits per heavy atom. The van der Waals surface area contributed by atoms with Gasteiger partial charge >= 0.3 is 0 Å². The molecule has 0 atom stereocenters. The molecule has 26 heavy (non-hydrogen) atoms. The van der Waals surface area contributed by atoms with Crippen LogP contribution in [-0.2, 0) is 16.6 Å². The fourth-order valence-electron chi connectivity index (χ4n) is 3.07. The van der Waals surface area contributed by atoms with Crippen LogP contribution in [0.3, 0.4) is 0 Å². The summed E-state index contributed by atoms with van der Waals surface area (Å²) in [4.78, 5) is 14.1. The third kappa shape index (κ3) is 3.80. The second kappa shape index (κ2) is 7.43. The number of nitro groups is 1. The lowest BCUT2D eigenvalue weighted by molar-refractivity contribution is -0.385. The first kappa shape index (κ1) is 19.0. The van der Waals surface area contributed by atoms with E-state index in [1.54, 1.807) is 25.2 Å². The molecule has 1 fully saturated rings. The minimum atomic E-state index is -3.75. The van der Waals surface area contributed by atoms with Crippen LogP contribution in [0.2, 0.25) is 0 Å². The van der Waals surface area contributed by atoms with Gasteiger partial charge in [-0.1, -0.05) is 6.07 Å². The van der Waals surface area contributed by atoms with E-state index in [1.165, 1.54) is 21.3 Å². The Hall–Kier alpha value is -1.81. The molecule has 2 aromatic rings. The topological polar surface area (TPSA) is 83.8 Å². The first-order valence-electron chi connectivity index (χ1n) is 8.29. The van der Waals surface area contributed by atoms with Gasteiger partial charge in [-0.3, -0.25) is 15.0 Å². The first-order chi connectivity index (χ1) is 12.3. The highest BCUT2D eigenvalue weighted by atomic mass is 32.2. The molecule has 1 aromatic carbocycles. The molecule has 0 aliphatic carbocycles. The third-order valence-corrected chi connectivity index (χ3v) is 7.61. The van der Waals surface area contributed by atoms with E-state index in [4.69, 9.17) is 0 Å². The van der Waals surface area contributed by atoms with Gasteiger partial charge in [-0.05, 0) is 36.4 Å². The predicted molar refractivity (Wildman–Crippen MR) is 101 cm³/mol. The zero-order chi connectivity index (χ0) is 18.9. The van der Waals surface area contributed by atoms with E-state index < -0.39 is 14.9 Å². The molecule has 0 N–H and O–H groups in total. The van der Waals surface area contributed by atoms with E-state index in [1.807, 2.05) is 11.4 Å². The van der Waals surface area contributed by atoms with Crippen LogP contribution in [0, 0.1) is 24.0 Å². The number of benzene rings is 1. The summed E-state index contributed by atoms with van der Waals surface area (Å²) in [5.41, 5.74) is 0.980. The predicted octanol–water partition coefficient (Wildman–Crippen LogP) is 2.78. The Bertz CT molecular complexity index is 902. The van der Waals surface area contributed by atoms with Gasteiger partial charge in [0.15, 0.2) is 0 Å². The maximum absolute atomic E-state index is 13.0. The zero-order valence-corrected chi connectivity index (χ0v) is 16.3. The number of thiophene rings is 1. The largest absolute Gasteiger partial charge is 0.296 e. The highest BCUT2D eigenvalue weighted by Gasteiger charge is 2.31. The number of piperazine rings is 1. The summed E-state index contributed by atoms with van der Waals surface area (Å²) in [5.74, 6) is 0. The van der Waals surface area contributed by atoms with Crippen molar-refractivity contribution in [1.29, 1.82) is 0 Å². The van der Waals surface area contributed by atoms with Gasteiger partial charge in [-0.2, -0.15) is 4.31 Å². The normalized spacial score (nSPS) is 16.7. The molecule has 2 heterocycles. The van der Waals surface area contributed by atoms with Crippen molar-refractivity contribution in [2.75, 3.05) is 26.2 Å². The monoisotopic (exact) mass is 395 g/mol. The highest BCUT2D eigenvalue weighted by Crippen LogP contribution is 2.28. The summed E-state index contributed by atoms with van der Waals surface area (Å²) in [7, 11) is -3.75. The van der Waals surface area contributed by atoms with E-state index in [0.29, 0.717) is 37.3 Å². The fourth-order valence-corrected chi connectivity index (χ4v) is 5.56. The van der Waals surface area contributed by atoms with Crippen molar-refractivity contribution < 1.29 is 13.3 Å². The van der Waals surface area contributed by atoms with Crippen molar-refractivity contribution in [3.63, 3.8) is 0 Å². The van der Waals surface area contributed by atoms with Crippen LogP contribution >= 0.6 is 11.3 Å². The molecular weight excluding hydrogens is 374 g/mol. The van der Waals surface area contributed by atoms with E-state index in [9.17, 15) is 18.5 Å². The first-order valence-corrected chi connectivity index (χ1v) is 10.6. The summed E-state index contributed by atoms with van der Waals surface area (Å²) < 4.78 is 27.5. The van der Waals surface area contributed by atoms with Crippen molar-refractivity contribution >= 4 is 27.0 Å². The molecule has 0 radical (unpaired) electrons. The quantitative estimate of drug-likeness (QED) is 0.574. The second-order valence-electron chi connectivity index (χ2n) is 6.40. The summed E-state index contributed by atoms with van der Waals surface area (Å²) in [5, 5.41) is 13.1. The van der Waals surface area contributed by atoms with Crippen LogP contribution in [-0.4, -0.2) is 48.7 Å². The van der Waals surface area contributed by atoms with Crippen molar-refractivity contribution in [2.24, 2.45) is 0 Å². The number of nitro benzene ring substituents is 1. The SMILES string of the molecule is Cc1cc([N+](=O)[O-])cc(S(=O)(=O)N2CCN(Cc3cccs3)CC2)c1C. The molecule has 0 spiro atoms. The Balaban J connectivity index is 1.78. The van der Waals surface area contributed by atoms with Gasteiger partial charge in [0.1, 0.15) is 0 Å². The molecule has 0 bridgehead atoms. The standard InChI is InChI=1S/C17H21N3O4S2/c1-13-10-15(20(21)22)11-17(14(13)2)26(23,24)19-7-5-18(6-8-19)12-16-4-3-9-25-16/h3-4,9-11H,5-8,12H2,1-2H3. The lowest BCUT2D eigenvalue weighted by atomic mass is 10.1. The van der Waals surface area contributed by atoms with Crippen LogP contribution < -0.4 is 0 Å². The van der Waals surface area contributed by atoms with Crippen LogP contribution in [0.4, 0.5) is 5.69 Å². The molecule has 3 rings (SSSR count). The summed E-state index contributed by atoms with van der Waals surface area (Å²) in [6, 6.07) is 6.67. The van der Waals surface area contributed by atoms with Crippen LogP contribution in [0.25, 0.3) is 0 Å². The molecule has 0 unspecified atom stereocenters. The maximum Gasteiger partial charge on any atom is 0.271 e. The van der Waals surface area contributed by atoms with Gasteiger partial charge in [0.25, 0.3) is 5.69 Å². The maximum atomic E-state index is 13.0. The van der Waals surface area contributed by atoms with Gasteiger partial charge in [0, 0.05) is 49.7 Å². The van der Waals surface area contributed by atoms with Crippen molar-refractivity contribution in [3.05, 3.63) is 55.8 Å². The molecule has 0 amide bonds. The van der Waals surface area contributed by atoms with E-state index >= 15 is 0 Å². The third-order valence-electron chi connectivity index (χ3n) is 4.72. The second-order valence-corrected chi connectivity index (χ2v) is 9.34. The number of rotatable bonds is 5. The molecule has 1 aliphatic rings. The van der Waals surface area contributed by atoms with E-state index in [0.717, 1.165) is 6.54 Å². The van der Waals surface area contributed by atoms with Crippen LogP contribution in [0.5, 0.6) is 0 Å². The fraction of sp³-hybridized carbons (Fsp3) is 0.412. The number of aryl methyl sites for hydroxylation is 1. The molecular formula is C17H21N3O4S2. The van der Waals surface area contributed by atoms with Crippen molar-refractivity contribution in [1.82, 2.24) is 9.21 Å².